The van der Waals surface area contributed by atoms with Crippen LogP contribution < -0.4 is 10.6 Å². The van der Waals surface area contributed by atoms with Crippen molar-refractivity contribution in [3.63, 3.8) is 0 Å². The minimum absolute atomic E-state index is 0.745. The maximum atomic E-state index is 12.8. The molecular formula is C52H88N2O38. The Hall–Kier alpha value is -2.50. The zero-order chi connectivity index (χ0) is 67.8. The average molecular weight is 1350 g/mol. The van der Waals surface area contributed by atoms with Gasteiger partial charge in [-0.1, -0.05) is 0 Å². The van der Waals surface area contributed by atoms with Crippen molar-refractivity contribution in [2.75, 3.05) is 33.0 Å². The number of hydrogen-bond donors (Lipinski definition) is 23. The molecule has 0 saturated carbocycles. The van der Waals surface area contributed by atoms with Crippen LogP contribution in [0.25, 0.3) is 0 Å². The second kappa shape index (κ2) is 32.0. The predicted octanol–water partition coefficient (Wildman–Crippen LogP) is -15.1. The van der Waals surface area contributed by atoms with Crippen molar-refractivity contribution in [1.29, 1.82) is 0 Å². The van der Waals surface area contributed by atoms with Gasteiger partial charge in [0.2, 0.25) is 11.8 Å². The number of amides is 2. The van der Waals surface area contributed by atoms with Crippen LogP contribution >= 0.6 is 0 Å². The van der Waals surface area contributed by atoms with Gasteiger partial charge < -0.3 is 189 Å². The molecule has 8 rings (SSSR count). The third-order valence-corrected chi connectivity index (χ3v) is 17.3. The largest absolute Gasteiger partial charge is 0.394 e. The molecule has 8 fully saturated rings. The Balaban J connectivity index is 1.19. The number of aliphatic hydroxyl groups is 21. The number of aliphatic hydroxyl groups excluding tert-OH is 21. The van der Waals surface area contributed by atoms with Crippen LogP contribution in [0.15, 0.2) is 0 Å². The van der Waals surface area contributed by atoms with Gasteiger partial charge in [-0.3, -0.25) is 9.59 Å². The predicted molar refractivity (Wildman–Crippen MR) is 283 cm³/mol. The fraction of sp³-hybridized carbons (Fsp3) is 0.962. The van der Waals surface area contributed by atoms with Gasteiger partial charge in [0.05, 0.1) is 51.3 Å². The first-order chi connectivity index (χ1) is 43.4. The van der Waals surface area contributed by atoms with Crippen LogP contribution in [0.3, 0.4) is 0 Å². The quantitative estimate of drug-likeness (QED) is 0.0507. The standard InChI is InChI=1S/C52H88N2O38/c1-11-23(61)32(70)36(74)47(79-11)90-42-35(73)27(65)17(7-56)84-50(42)88-40-28(66)19(9-58)86-52(44(40)92-49-38(76)34(72)25(63)13(3)81-49)89-41-29(67)18(8-57)85-51(43(41)91-48-37(75)33(71)24(62)12(2)80-48)87-39-22(54-15(5)60)45(77)82-20(30(39)68)10-78-46-21(53-14(4)59)31(69)26(64)16(6-55)83-46/h11-13,16-52,55-58,61-77H,6-10H2,1-5H3,(H,53,59)(H,54,60)/t11-,12-,13-,16+,17+,18+,19+,20+,21+,22+,23+,24+,25+,26+,27-,28-,29-,30-,31+,32+,33+,34+,35-,36-,37-,38-,39+,40-,41-,42+,43+,44+,45?,46+,47-,48-,49-,50-,51-,52-/m0/s1. The Morgan fingerprint density at radius 3 is 1.01 bits per heavy atom. The highest BCUT2D eigenvalue weighted by Gasteiger charge is 2.61. The van der Waals surface area contributed by atoms with Crippen LogP contribution in [0.2, 0.25) is 0 Å². The molecule has 40 nitrogen and oxygen atoms in total. The number of rotatable bonds is 21. The van der Waals surface area contributed by atoms with Gasteiger partial charge in [-0.15, -0.1) is 0 Å². The molecule has 0 bridgehead atoms. The summed E-state index contributed by atoms with van der Waals surface area (Å²) in [6.45, 7) is 0.573. The molecule has 1 unspecified atom stereocenters. The van der Waals surface area contributed by atoms with E-state index in [0.29, 0.717) is 0 Å². The zero-order valence-electron chi connectivity index (χ0n) is 50.0. The van der Waals surface area contributed by atoms with Crippen molar-refractivity contribution in [3.8, 4) is 0 Å². The highest BCUT2D eigenvalue weighted by Crippen LogP contribution is 2.40. The van der Waals surface area contributed by atoms with Crippen LogP contribution in [-0.2, 0) is 80.6 Å². The third kappa shape index (κ3) is 16.0. The van der Waals surface area contributed by atoms with Gasteiger partial charge in [-0.25, -0.2) is 0 Å². The first kappa shape index (κ1) is 75.3. The molecule has 0 spiro atoms. The molecule has 8 aliphatic heterocycles. The molecule has 0 aromatic carbocycles. The first-order valence-electron chi connectivity index (χ1n) is 29.7. The molecule has 92 heavy (non-hydrogen) atoms. The van der Waals surface area contributed by atoms with Gasteiger partial charge in [-0.2, -0.15) is 0 Å². The first-order valence-corrected chi connectivity index (χ1v) is 29.7. The number of carbonyl (C=O) groups excluding carboxylic acids is 2. The summed E-state index contributed by atoms with van der Waals surface area (Å²) in [7, 11) is 0. The summed E-state index contributed by atoms with van der Waals surface area (Å²) in [5, 5.41) is 237. The molecule has 23 N–H and O–H groups in total. The molecule has 40 heteroatoms. The number of ether oxygens (including phenoxy) is 15. The average Bonchev–Trinajstić information content (AvgIpc) is 0.770. The van der Waals surface area contributed by atoms with Crippen LogP contribution in [-0.4, -0.2) is 398 Å². The number of nitrogens with one attached hydrogen (secondary N) is 2. The van der Waals surface area contributed by atoms with E-state index in [-0.39, 0.29) is 0 Å². The minimum Gasteiger partial charge on any atom is -0.394 e. The van der Waals surface area contributed by atoms with Crippen LogP contribution in [0.5, 0.6) is 0 Å². The summed E-state index contributed by atoms with van der Waals surface area (Å²) < 4.78 is 89.7. The van der Waals surface area contributed by atoms with Crippen LogP contribution in [0, 0.1) is 0 Å². The summed E-state index contributed by atoms with van der Waals surface area (Å²) in [5.41, 5.74) is 0. The molecule has 8 saturated heterocycles. The van der Waals surface area contributed by atoms with E-state index in [4.69, 9.17) is 71.1 Å². The minimum atomic E-state index is -2.39. The SMILES string of the molecule is CC(=O)N[C@H]1[C@H](OC[C@H]2OC(O)[C@H](NC(C)=O)[C@@H](O[C@@H]3O[C@H](CO)[C@H](O)[C@H](O[C@@H]4O[C@H](CO)[C@H](O)[C@H](O[C@@H]5O[C@H](CO)[C@H](O)[C@H](O)[C@H]5O[C@@H]5O[C@@H](C)[C@@H](O)[C@@H](O)[C@@H]5O)[C@H]4O[C@@H]4O[C@@H](C)[C@@H](O)[C@@H](O)[C@@H]4O)[C@H]3O[C@@H]3O[C@@H](C)[C@@H](O)[C@@H](O)[C@@H]3O)[C@H]2O)O[C@H](CO)[C@@H](O)[C@@H]1O. The summed E-state index contributed by atoms with van der Waals surface area (Å²) in [6, 6.07) is -3.40. The van der Waals surface area contributed by atoms with Gasteiger partial charge in [0.15, 0.2) is 50.3 Å². The lowest BCUT2D eigenvalue weighted by Crippen LogP contribution is -2.71. The Labute approximate surface area is 522 Å². The van der Waals surface area contributed by atoms with Crippen LogP contribution in [0.1, 0.15) is 34.6 Å². The van der Waals surface area contributed by atoms with Crippen molar-refractivity contribution in [2.24, 2.45) is 0 Å². The van der Waals surface area contributed by atoms with E-state index in [1.807, 2.05) is 0 Å². The van der Waals surface area contributed by atoms with Gasteiger partial charge in [0, 0.05) is 13.8 Å². The molecular weight excluding hydrogens is 1260 g/mol. The molecule has 8 heterocycles. The van der Waals surface area contributed by atoms with E-state index < -0.39 is 290 Å². The highest BCUT2D eigenvalue weighted by molar-refractivity contribution is 5.73. The molecule has 0 radical (unpaired) electrons. The van der Waals surface area contributed by atoms with E-state index in [9.17, 15) is 117 Å². The van der Waals surface area contributed by atoms with Crippen molar-refractivity contribution < 1.29 is 188 Å². The third-order valence-electron chi connectivity index (χ3n) is 17.3. The van der Waals surface area contributed by atoms with E-state index in [2.05, 4.69) is 10.6 Å². The molecule has 2 amide bonds. The van der Waals surface area contributed by atoms with Gasteiger partial charge >= 0.3 is 0 Å². The van der Waals surface area contributed by atoms with Gasteiger partial charge in [0.25, 0.3) is 0 Å². The fourth-order valence-electron chi connectivity index (χ4n) is 11.9. The van der Waals surface area contributed by atoms with Gasteiger partial charge in [-0.05, 0) is 20.8 Å². The smallest absolute Gasteiger partial charge is 0.217 e. The Morgan fingerprint density at radius 1 is 0.304 bits per heavy atom. The number of hydrogen-bond acceptors (Lipinski definition) is 38. The molecule has 0 aromatic rings. The zero-order valence-corrected chi connectivity index (χ0v) is 50.0. The maximum absolute atomic E-state index is 12.8. The van der Waals surface area contributed by atoms with Crippen molar-refractivity contribution in [2.45, 2.75) is 280 Å². The summed E-state index contributed by atoms with van der Waals surface area (Å²) >= 11 is 0. The molecule has 534 valence electrons. The van der Waals surface area contributed by atoms with Crippen LogP contribution in [0.4, 0.5) is 0 Å². The summed E-state index contributed by atoms with van der Waals surface area (Å²) in [6.07, 6.45) is -75.9. The molecule has 0 aliphatic carbocycles. The van der Waals surface area contributed by atoms with E-state index >= 15 is 0 Å². The van der Waals surface area contributed by atoms with Gasteiger partial charge in [0.1, 0.15) is 177 Å². The van der Waals surface area contributed by atoms with Crippen molar-refractivity contribution in [1.82, 2.24) is 10.6 Å². The van der Waals surface area contributed by atoms with E-state index in [0.717, 1.165) is 13.8 Å². The van der Waals surface area contributed by atoms with E-state index in [1.54, 1.807) is 0 Å². The molecule has 40 atom stereocenters. The lowest BCUT2D eigenvalue weighted by Gasteiger charge is -2.52. The second-order valence-corrected chi connectivity index (χ2v) is 23.8. The summed E-state index contributed by atoms with van der Waals surface area (Å²) in [4.78, 5) is 25.0. The Morgan fingerprint density at radius 2 is 0.620 bits per heavy atom. The second-order valence-electron chi connectivity index (χ2n) is 23.8. The summed E-state index contributed by atoms with van der Waals surface area (Å²) in [5.74, 6) is -1.64. The fourth-order valence-corrected chi connectivity index (χ4v) is 11.9. The lowest BCUT2D eigenvalue weighted by atomic mass is 9.94. The van der Waals surface area contributed by atoms with Crippen molar-refractivity contribution in [3.05, 3.63) is 0 Å². The highest BCUT2D eigenvalue weighted by atomic mass is 16.8. The Kier molecular flexibility index (Phi) is 26.2. The molecule has 0 aromatic heterocycles. The lowest BCUT2D eigenvalue weighted by molar-refractivity contribution is -0.422. The van der Waals surface area contributed by atoms with Crippen molar-refractivity contribution >= 4 is 11.8 Å². The normalized spacial score (nSPS) is 52.1. The Bertz CT molecular complexity index is 2330. The number of carbonyl (C=O) groups is 2. The maximum Gasteiger partial charge on any atom is 0.217 e. The van der Waals surface area contributed by atoms with E-state index in [1.165, 1.54) is 20.8 Å². The molecule has 8 aliphatic rings. The topological polar surface area (TPSA) is 621 Å². The monoisotopic (exact) mass is 1350 g/mol.